The number of hydrogen-bond donors (Lipinski definition) is 2. The van der Waals surface area contributed by atoms with Crippen molar-refractivity contribution in [1.82, 2.24) is 9.78 Å². The van der Waals surface area contributed by atoms with Gasteiger partial charge in [-0.15, -0.1) is 0 Å². The summed E-state index contributed by atoms with van der Waals surface area (Å²) in [6.07, 6.45) is 6.49. The van der Waals surface area contributed by atoms with Crippen molar-refractivity contribution < 1.29 is 4.74 Å². The summed E-state index contributed by atoms with van der Waals surface area (Å²) in [5.41, 5.74) is 6.59. The molecule has 84 valence electrons. The fraction of sp³-hybridized carbons (Fsp3) is 0.700. The van der Waals surface area contributed by atoms with Gasteiger partial charge in [-0.1, -0.05) is 0 Å². The highest BCUT2D eigenvalue weighted by Gasteiger charge is 2.23. The highest BCUT2D eigenvalue weighted by atomic mass is 16.5. The van der Waals surface area contributed by atoms with Crippen LogP contribution in [0.3, 0.4) is 0 Å². The Morgan fingerprint density at radius 2 is 2.40 bits per heavy atom. The third-order valence-corrected chi connectivity index (χ3v) is 2.70. The lowest BCUT2D eigenvalue weighted by Crippen LogP contribution is -2.24. The Kier molecular flexibility index (Phi) is 3.23. The van der Waals surface area contributed by atoms with E-state index in [0.29, 0.717) is 12.6 Å². The molecule has 0 aliphatic carbocycles. The third-order valence-electron chi connectivity index (χ3n) is 2.70. The molecule has 0 radical (unpaired) electrons. The summed E-state index contributed by atoms with van der Waals surface area (Å²) in [6, 6.07) is 0. The van der Waals surface area contributed by atoms with Crippen molar-refractivity contribution in [3.05, 3.63) is 12.4 Å². The molecule has 2 heterocycles. The van der Waals surface area contributed by atoms with Gasteiger partial charge in [0.1, 0.15) is 0 Å². The normalized spacial score (nSPS) is 25.7. The van der Waals surface area contributed by atoms with E-state index in [4.69, 9.17) is 10.5 Å². The Morgan fingerprint density at radius 1 is 1.60 bits per heavy atom. The van der Waals surface area contributed by atoms with E-state index >= 15 is 0 Å². The van der Waals surface area contributed by atoms with Gasteiger partial charge in [0.25, 0.3) is 0 Å². The van der Waals surface area contributed by atoms with E-state index in [1.54, 1.807) is 4.68 Å². The molecule has 5 heteroatoms. The average molecular weight is 210 g/mol. The Balaban J connectivity index is 1.75. The first-order valence-corrected chi connectivity index (χ1v) is 5.36. The maximum absolute atomic E-state index is 5.72. The molecule has 1 aliphatic rings. The van der Waals surface area contributed by atoms with E-state index in [2.05, 4.69) is 10.4 Å². The van der Waals surface area contributed by atoms with Crippen LogP contribution >= 0.6 is 0 Å². The number of aromatic nitrogens is 2. The lowest BCUT2D eigenvalue weighted by molar-refractivity contribution is 0.0578. The minimum atomic E-state index is 0.255. The van der Waals surface area contributed by atoms with E-state index in [1.807, 2.05) is 19.4 Å². The van der Waals surface area contributed by atoms with Gasteiger partial charge in [0.05, 0.1) is 24.1 Å². The maximum Gasteiger partial charge on any atom is 0.0752 e. The van der Waals surface area contributed by atoms with Crippen molar-refractivity contribution in [2.45, 2.75) is 25.0 Å². The molecule has 0 bridgehead atoms. The molecule has 1 fully saturated rings. The molecule has 0 spiro atoms. The van der Waals surface area contributed by atoms with Gasteiger partial charge in [0.2, 0.25) is 0 Å². The zero-order chi connectivity index (χ0) is 10.7. The van der Waals surface area contributed by atoms with E-state index < -0.39 is 0 Å². The third kappa shape index (κ3) is 2.70. The van der Waals surface area contributed by atoms with E-state index in [1.165, 1.54) is 0 Å². The second-order valence-electron chi connectivity index (χ2n) is 3.98. The van der Waals surface area contributed by atoms with Crippen LogP contribution in [0, 0.1) is 0 Å². The smallest absolute Gasteiger partial charge is 0.0752 e. The fourth-order valence-corrected chi connectivity index (χ4v) is 1.85. The highest BCUT2D eigenvalue weighted by molar-refractivity contribution is 5.38. The number of ether oxygens (including phenoxy) is 1. The Morgan fingerprint density at radius 3 is 3.00 bits per heavy atom. The number of nitrogens with two attached hydrogens (primary N) is 1. The van der Waals surface area contributed by atoms with Crippen LogP contribution in [0.1, 0.15) is 12.8 Å². The molecule has 15 heavy (non-hydrogen) atoms. The van der Waals surface area contributed by atoms with Crippen LogP contribution in [-0.2, 0) is 11.8 Å². The first-order valence-electron chi connectivity index (χ1n) is 5.36. The van der Waals surface area contributed by atoms with Crippen molar-refractivity contribution in [3.8, 4) is 0 Å². The van der Waals surface area contributed by atoms with Crippen LogP contribution in [0.25, 0.3) is 0 Å². The lowest BCUT2D eigenvalue weighted by Gasteiger charge is -2.12. The van der Waals surface area contributed by atoms with Crippen LogP contribution in [0.4, 0.5) is 5.69 Å². The second-order valence-corrected chi connectivity index (χ2v) is 3.98. The van der Waals surface area contributed by atoms with Crippen molar-refractivity contribution in [3.63, 3.8) is 0 Å². The minimum absolute atomic E-state index is 0.255. The molecule has 1 aliphatic heterocycles. The molecular formula is C10H18N4O. The SMILES string of the molecule is Cn1cc(NCC2CCC(CN)O2)cn1. The lowest BCUT2D eigenvalue weighted by atomic mass is 10.2. The van der Waals surface area contributed by atoms with Crippen LogP contribution in [0.5, 0.6) is 0 Å². The zero-order valence-corrected chi connectivity index (χ0v) is 9.02. The average Bonchev–Trinajstić information content (AvgIpc) is 2.83. The van der Waals surface area contributed by atoms with Gasteiger partial charge in [0, 0.05) is 26.3 Å². The van der Waals surface area contributed by atoms with E-state index in [-0.39, 0.29) is 6.10 Å². The van der Waals surface area contributed by atoms with Crippen molar-refractivity contribution in [1.29, 1.82) is 0 Å². The molecule has 5 nitrogen and oxygen atoms in total. The summed E-state index contributed by atoms with van der Waals surface area (Å²) in [5, 5.41) is 7.39. The standard InChI is InChI=1S/C10H18N4O/c1-14-7-8(5-13-14)12-6-10-3-2-9(4-11)15-10/h5,7,9-10,12H,2-4,6,11H2,1H3. The van der Waals surface area contributed by atoms with Crippen LogP contribution in [0.15, 0.2) is 12.4 Å². The van der Waals surface area contributed by atoms with E-state index in [0.717, 1.165) is 25.1 Å². The monoisotopic (exact) mass is 210 g/mol. The van der Waals surface area contributed by atoms with Gasteiger partial charge in [-0.25, -0.2) is 0 Å². The van der Waals surface area contributed by atoms with Crippen molar-refractivity contribution in [2.24, 2.45) is 12.8 Å². The maximum atomic E-state index is 5.72. The predicted octanol–water partition coefficient (Wildman–Crippen LogP) is 0.338. The molecule has 1 aromatic rings. The summed E-state index contributed by atoms with van der Waals surface area (Å²) in [6.45, 7) is 1.46. The Labute approximate surface area is 89.6 Å². The summed E-state index contributed by atoms with van der Waals surface area (Å²) in [4.78, 5) is 0. The number of nitrogens with one attached hydrogen (secondary N) is 1. The molecule has 2 rings (SSSR count). The van der Waals surface area contributed by atoms with Crippen LogP contribution < -0.4 is 11.1 Å². The molecule has 0 aromatic carbocycles. The first-order chi connectivity index (χ1) is 7.28. The number of anilines is 1. The van der Waals surface area contributed by atoms with Crippen LogP contribution in [-0.4, -0.2) is 35.1 Å². The quantitative estimate of drug-likeness (QED) is 0.752. The van der Waals surface area contributed by atoms with Gasteiger partial charge in [-0.2, -0.15) is 5.10 Å². The summed E-state index contributed by atoms with van der Waals surface area (Å²) < 4.78 is 7.50. The number of nitrogens with zero attached hydrogens (tertiary/aromatic N) is 2. The van der Waals surface area contributed by atoms with Crippen LogP contribution in [0.2, 0.25) is 0 Å². The second kappa shape index (κ2) is 4.63. The molecular weight excluding hydrogens is 192 g/mol. The van der Waals surface area contributed by atoms with E-state index in [9.17, 15) is 0 Å². The molecule has 0 saturated carbocycles. The van der Waals surface area contributed by atoms with Crippen molar-refractivity contribution in [2.75, 3.05) is 18.4 Å². The Bertz CT molecular complexity index is 312. The fourth-order valence-electron chi connectivity index (χ4n) is 1.85. The molecule has 0 amide bonds. The summed E-state index contributed by atoms with van der Waals surface area (Å²) in [7, 11) is 1.90. The minimum Gasteiger partial charge on any atom is -0.380 e. The number of hydrogen-bond acceptors (Lipinski definition) is 4. The zero-order valence-electron chi connectivity index (χ0n) is 9.02. The molecule has 1 aromatic heterocycles. The molecule has 3 N–H and O–H groups in total. The van der Waals surface area contributed by atoms with Gasteiger partial charge < -0.3 is 15.8 Å². The number of rotatable bonds is 4. The topological polar surface area (TPSA) is 65.1 Å². The van der Waals surface area contributed by atoms with Crippen molar-refractivity contribution >= 4 is 5.69 Å². The highest BCUT2D eigenvalue weighted by Crippen LogP contribution is 2.19. The molecule has 2 atom stereocenters. The first kappa shape index (κ1) is 10.4. The largest absolute Gasteiger partial charge is 0.380 e. The van der Waals surface area contributed by atoms with Gasteiger partial charge in [-0.3, -0.25) is 4.68 Å². The van der Waals surface area contributed by atoms with Gasteiger partial charge in [-0.05, 0) is 12.8 Å². The van der Waals surface area contributed by atoms with Gasteiger partial charge in [0.15, 0.2) is 0 Å². The summed E-state index contributed by atoms with van der Waals surface area (Å²) in [5.74, 6) is 0. The van der Waals surface area contributed by atoms with Gasteiger partial charge >= 0.3 is 0 Å². The molecule has 1 saturated heterocycles. The number of aryl methyl sites for hydroxylation is 1. The molecule has 2 unspecified atom stereocenters. The Hall–Kier alpha value is -1.07. The predicted molar refractivity (Wildman–Crippen MR) is 58.6 cm³/mol. The summed E-state index contributed by atoms with van der Waals surface area (Å²) >= 11 is 0.